The summed E-state index contributed by atoms with van der Waals surface area (Å²) in [5, 5.41) is 4.17. The fourth-order valence-corrected chi connectivity index (χ4v) is 4.49. The number of imide groups is 1. The number of methoxy groups -OCH3 is 1. The summed E-state index contributed by atoms with van der Waals surface area (Å²) < 4.78 is 5.48. The predicted octanol–water partition coefficient (Wildman–Crippen LogP) is 5.65. The summed E-state index contributed by atoms with van der Waals surface area (Å²) in [6, 6.07) is 19.0. The molecule has 3 amide bonds. The van der Waals surface area contributed by atoms with Crippen molar-refractivity contribution in [1.29, 1.82) is 0 Å². The number of carbonyl (C=O) groups excluding carboxylic acids is 3. The molecule has 3 aromatic rings. The molecule has 1 saturated heterocycles. The smallest absolute Gasteiger partial charge is 0.294 e. The molecule has 6 nitrogen and oxygen atoms in total. The summed E-state index contributed by atoms with van der Waals surface area (Å²) in [4.78, 5) is 39.2. The minimum absolute atomic E-state index is 0.253. The Morgan fingerprint density at radius 2 is 1.79 bits per heavy atom. The first-order valence-electron chi connectivity index (χ1n) is 10.6. The Morgan fingerprint density at radius 1 is 1.06 bits per heavy atom. The fraction of sp³-hybridized carbons (Fsp3) is 0.192. The van der Waals surface area contributed by atoms with Gasteiger partial charge in [0.25, 0.3) is 11.1 Å². The zero-order valence-corrected chi connectivity index (χ0v) is 19.4. The van der Waals surface area contributed by atoms with E-state index in [1.54, 1.807) is 13.2 Å². The van der Waals surface area contributed by atoms with Crippen molar-refractivity contribution in [3.63, 3.8) is 0 Å². The van der Waals surface area contributed by atoms with Gasteiger partial charge in [0.2, 0.25) is 5.91 Å². The molecule has 4 rings (SSSR count). The van der Waals surface area contributed by atoms with Gasteiger partial charge in [-0.1, -0.05) is 56.3 Å². The van der Waals surface area contributed by atoms with E-state index < -0.39 is 17.1 Å². The molecule has 1 aliphatic rings. The first-order valence-corrected chi connectivity index (χ1v) is 11.4. The Kier molecular flexibility index (Phi) is 6.51. The molecule has 0 aromatic heterocycles. The first-order chi connectivity index (χ1) is 15.9. The van der Waals surface area contributed by atoms with Crippen molar-refractivity contribution < 1.29 is 19.1 Å². The van der Waals surface area contributed by atoms with Crippen molar-refractivity contribution >= 4 is 51.4 Å². The summed E-state index contributed by atoms with van der Waals surface area (Å²) in [6.45, 7) is 3.84. The lowest BCUT2D eigenvalue weighted by atomic mass is 10.0. The number of fused-ring (bicyclic) bond motifs is 1. The van der Waals surface area contributed by atoms with Gasteiger partial charge in [-0.2, -0.15) is 0 Å². The molecular weight excluding hydrogens is 436 g/mol. The van der Waals surface area contributed by atoms with E-state index in [4.69, 9.17) is 4.74 Å². The number of nitrogens with zero attached hydrogens (tertiary/aromatic N) is 1. The lowest BCUT2D eigenvalue weighted by molar-refractivity contribution is -0.127. The number of hydrogen-bond acceptors (Lipinski definition) is 5. The number of amides is 3. The number of nitrogens with one attached hydrogen (secondary N) is 1. The van der Waals surface area contributed by atoms with E-state index in [1.807, 2.05) is 60.7 Å². The molecule has 1 aliphatic heterocycles. The molecule has 0 spiro atoms. The van der Waals surface area contributed by atoms with Crippen LogP contribution in [0, 0.1) is 0 Å². The number of ether oxygens (including phenoxy) is 1. The van der Waals surface area contributed by atoms with Gasteiger partial charge < -0.3 is 10.1 Å². The number of carbonyl (C=O) groups is 3. The molecule has 0 radical (unpaired) electrons. The third-order valence-corrected chi connectivity index (χ3v) is 6.37. The van der Waals surface area contributed by atoms with Crippen LogP contribution in [0.3, 0.4) is 0 Å². The van der Waals surface area contributed by atoms with E-state index >= 15 is 0 Å². The summed E-state index contributed by atoms with van der Waals surface area (Å²) in [5.74, 6) is 0.0594. The Bertz CT molecular complexity index is 1270. The Hall–Kier alpha value is -3.58. The molecule has 0 atom stereocenters. The van der Waals surface area contributed by atoms with Crippen LogP contribution in [0.1, 0.15) is 30.9 Å². The van der Waals surface area contributed by atoms with Gasteiger partial charge >= 0.3 is 0 Å². The molecule has 1 N–H and O–H groups in total. The maximum absolute atomic E-state index is 13.0. The number of anilines is 1. The Labute approximate surface area is 196 Å². The van der Waals surface area contributed by atoms with Crippen LogP contribution < -0.4 is 10.1 Å². The highest BCUT2D eigenvalue weighted by molar-refractivity contribution is 8.18. The lowest BCUT2D eigenvalue weighted by Crippen LogP contribution is -2.36. The molecule has 0 unspecified atom stereocenters. The van der Waals surface area contributed by atoms with E-state index in [0.717, 1.165) is 38.6 Å². The van der Waals surface area contributed by atoms with E-state index in [-0.39, 0.29) is 11.4 Å². The van der Waals surface area contributed by atoms with E-state index in [9.17, 15) is 14.4 Å². The molecule has 3 aromatic carbocycles. The van der Waals surface area contributed by atoms with Crippen molar-refractivity contribution in [2.24, 2.45) is 0 Å². The van der Waals surface area contributed by atoms with Gasteiger partial charge in [0.1, 0.15) is 12.3 Å². The highest BCUT2D eigenvalue weighted by Crippen LogP contribution is 2.36. The normalized spacial score (nSPS) is 15.0. The third kappa shape index (κ3) is 4.78. The number of thioether (sulfide) groups is 1. The monoisotopic (exact) mass is 460 g/mol. The maximum Gasteiger partial charge on any atom is 0.294 e. The van der Waals surface area contributed by atoms with Gasteiger partial charge in [0.15, 0.2) is 0 Å². The molecule has 33 heavy (non-hydrogen) atoms. The van der Waals surface area contributed by atoms with Crippen LogP contribution in [0.5, 0.6) is 5.75 Å². The second kappa shape index (κ2) is 9.50. The molecule has 168 valence electrons. The SMILES string of the molecule is COc1ccc2ccccc2c1/C=C1/SC(=O)N(CC(=O)Nc2ccc(C(C)C)cc2)C1=O. The molecular formula is C26H24N2O4S. The molecule has 0 saturated carbocycles. The van der Waals surface area contributed by atoms with Gasteiger partial charge in [-0.25, -0.2) is 0 Å². The average molecular weight is 461 g/mol. The molecule has 0 bridgehead atoms. The molecule has 1 fully saturated rings. The van der Waals surface area contributed by atoms with Crippen molar-refractivity contribution in [1.82, 2.24) is 4.90 Å². The molecule has 7 heteroatoms. The standard InChI is InChI=1S/C26H24N2O4S/c1-16(2)17-8-11-19(12-9-17)27-24(29)15-28-25(30)23(33-26(28)31)14-21-20-7-5-4-6-18(20)10-13-22(21)32-3/h4-14,16H,15H2,1-3H3,(H,27,29)/b23-14+. The summed E-state index contributed by atoms with van der Waals surface area (Å²) >= 11 is 0.821. The third-order valence-electron chi connectivity index (χ3n) is 5.46. The Balaban J connectivity index is 1.53. The zero-order chi connectivity index (χ0) is 23.5. The number of rotatable bonds is 6. The van der Waals surface area contributed by atoms with Crippen LogP contribution >= 0.6 is 11.8 Å². The minimum Gasteiger partial charge on any atom is -0.496 e. The highest BCUT2D eigenvalue weighted by atomic mass is 32.2. The van der Waals surface area contributed by atoms with Crippen LogP contribution in [0.4, 0.5) is 10.5 Å². The summed E-state index contributed by atoms with van der Waals surface area (Å²) in [5.41, 5.74) is 2.50. The summed E-state index contributed by atoms with van der Waals surface area (Å²) in [6.07, 6.45) is 1.66. The van der Waals surface area contributed by atoms with Crippen LogP contribution in [0.2, 0.25) is 0 Å². The largest absolute Gasteiger partial charge is 0.496 e. The van der Waals surface area contributed by atoms with Gasteiger partial charge in [-0.3, -0.25) is 19.3 Å². The maximum atomic E-state index is 13.0. The first kappa shape index (κ1) is 22.6. The van der Waals surface area contributed by atoms with Crippen molar-refractivity contribution in [2.45, 2.75) is 19.8 Å². The highest BCUT2D eigenvalue weighted by Gasteiger charge is 2.36. The van der Waals surface area contributed by atoms with Crippen LogP contribution in [-0.4, -0.2) is 35.6 Å². The van der Waals surface area contributed by atoms with E-state index in [0.29, 0.717) is 17.4 Å². The minimum atomic E-state index is -0.495. The van der Waals surface area contributed by atoms with Gasteiger partial charge in [-0.05, 0) is 58.3 Å². The molecule has 0 aliphatic carbocycles. The van der Waals surface area contributed by atoms with Crippen LogP contribution in [0.15, 0.2) is 65.6 Å². The average Bonchev–Trinajstić information content (AvgIpc) is 3.07. The molecule has 1 heterocycles. The van der Waals surface area contributed by atoms with Crippen molar-refractivity contribution in [2.75, 3.05) is 19.0 Å². The van der Waals surface area contributed by atoms with Crippen molar-refractivity contribution in [3.8, 4) is 5.75 Å². The topological polar surface area (TPSA) is 75.7 Å². The van der Waals surface area contributed by atoms with Gasteiger partial charge in [0, 0.05) is 11.3 Å². The van der Waals surface area contributed by atoms with Crippen molar-refractivity contribution in [3.05, 3.63) is 76.7 Å². The van der Waals surface area contributed by atoms with E-state index in [2.05, 4.69) is 19.2 Å². The Morgan fingerprint density at radius 3 is 2.48 bits per heavy atom. The van der Waals surface area contributed by atoms with Crippen LogP contribution in [0.25, 0.3) is 16.8 Å². The van der Waals surface area contributed by atoms with E-state index in [1.165, 1.54) is 0 Å². The predicted molar refractivity (Wildman–Crippen MR) is 132 cm³/mol. The second-order valence-corrected chi connectivity index (χ2v) is 8.99. The second-order valence-electron chi connectivity index (χ2n) is 8.00. The number of benzene rings is 3. The quantitative estimate of drug-likeness (QED) is 0.481. The zero-order valence-electron chi connectivity index (χ0n) is 18.6. The lowest BCUT2D eigenvalue weighted by Gasteiger charge is -2.13. The number of hydrogen-bond donors (Lipinski definition) is 1. The fourth-order valence-electron chi connectivity index (χ4n) is 3.67. The van der Waals surface area contributed by atoms with Gasteiger partial charge in [-0.15, -0.1) is 0 Å². The van der Waals surface area contributed by atoms with Crippen LogP contribution in [-0.2, 0) is 9.59 Å². The summed E-state index contributed by atoms with van der Waals surface area (Å²) in [7, 11) is 1.56. The van der Waals surface area contributed by atoms with Gasteiger partial charge in [0.05, 0.1) is 12.0 Å².